The Morgan fingerprint density at radius 2 is 2.21 bits per heavy atom. The van der Waals surface area contributed by atoms with Crippen LogP contribution in [0.3, 0.4) is 0 Å². The average molecular weight is 340 g/mol. The number of rotatable bonds is 2. The third-order valence-electron chi connectivity index (χ3n) is 4.88. The van der Waals surface area contributed by atoms with Gasteiger partial charge in [0.15, 0.2) is 0 Å². The molecule has 1 heterocycles. The summed E-state index contributed by atoms with van der Waals surface area (Å²) < 4.78 is 3.54. The normalized spacial score (nSPS) is 29.5. The number of aromatic nitrogens is 2. The van der Waals surface area contributed by atoms with Crippen molar-refractivity contribution in [1.82, 2.24) is 9.55 Å². The fraction of sp³-hybridized carbons (Fsp3) is 0.533. The van der Waals surface area contributed by atoms with Crippen molar-refractivity contribution < 1.29 is 0 Å². The molecule has 0 amide bonds. The minimum Gasteiger partial charge on any atom is -0.324 e. The number of hydrogen-bond donors (Lipinski definition) is 0. The molecule has 2 bridgehead atoms. The van der Waals surface area contributed by atoms with Gasteiger partial charge in [-0.15, -0.1) is 11.6 Å². The Hall–Kier alpha value is -0.540. The smallest absolute Gasteiger partial charge is 0.125 e. The Bertz CT molecular complexity index is 636. The molecule has 1 aromatic heterocycles. The van der Waals surface area contributed by atoms with Crippen LogP contribution in [-0.2, 0) is 5.88 Å². The summed E-state index contributed by atoms with van der Waals surface area (Å²) >= 11 is 9.70. The van der Waals surface area contributed by atoms with Gasteiger partial charge in [-0.25, -0.2) is 4.98 Å². The highest BCUT2D eigenvalue weighted by Crippen LogP contribution is 2.51. The van der Waals surface area contributed by atoms with Gasteiger partial charge in [-0.2, -0.15) is 0 Å². The summed E-state index contributed by atoms with van der Waals surface area (Å²) in [6.07, 6.45) is 5.52. The van der Waals surface area contributed by atoms with Crippen molar-refractivity contribution in [3.05, 3.63) is 28.5 Å². The molecule has 2 aliphatic carbocycles. The molecule has 0 saturated heterocycles. The van der Waals surface area contributed by atoms with Gasteiger partial charge in [-0.1, -0.05) is 22.4 Å². The Morgan fingerprint density at radius 1 is 1.32 bits per heavy atom. The van der Waals surface area contributed by atoms with Crippen molar-refractivity contribution in [2.24, 2.45) is 11.8 Å². The second-order valence-corrected chi connectivity index (χ2v) is 7.09. The van der Waals surface area contributed by atoms with Crippen LogP contribution in [0, 0.1) is 11.8 Å². The van der Waals surface area contributed by atoms with Gasteiger partial charge in [-0.3, -0.25) is 0 Å². The van der Waals surface area contributed by atoms with Gasteiger partial charge >= 0.3 is 0 Å². The van der Waals surface area contributed by atoms with Crippen LogP contribution in [0.2, 0.25) is 0 Å². The molecule has 2 fully saturated rings. The molecular weight excluding hydrogens is 324 g/mol. The predicted octanol–water partition coefficient (Wildman–Crippen LogP) is 4.90. The van der Waals surface area contributed by atoms with Crippen LogP contribution >= 0.6 is 27.5 Å². The molecule has 2 aliphatic rings. The van der Waals surface area contributed by atoms with E-state index in [0.717, 1.165) is 27.6 Å². The van der Waals surface area contributed by atoms with Gasteiger partial charge < -0.3 is 4.57 Å². The minimum absolute atomic E-state index is 0.500. The SMILES string of the molecule is ClCc1nc2ccc(Br)cc2n1C1CC2CCC1C2. The zero-order valence-electron chi connectivity index (χ0n) is 10.6. The van der Waals surface area contributed by atoms with Crippen LogP contribution in [0.25, 0.3) is 11.0 Å². The number of alkyl halides is 1. The molecule has 4 heteroatoms. The molecule has 0 radical (unpaired) electrons. The Balaban J connectivity index is 1.89. The molecule has 2 aromatic rings. The largest absolute Gasteiger partial charge is 0.324 e. The van der Waals surface area contributed by atoms with Crippen molar-refractivity contribution in [3.8, 4) is 0 Å². The zero-order chi connectivity index (χ0) is 13.0. The number of fused-ring (bicyclic) bond motifs is 3. The molecule has 19 heavy (non-hydrogen) atoms. The fourth-order valence-corrected chi connectivity index (χ4v) is 4.65. The van der Waals surface area contributed by atoms with E-state index in [-0.39, 0.29) is 0 Å². The van der Waals surface area contributed by atoms with Crippen LogP contribution in [0.5, 0.6) is 0 Å². The second kappa shape index (κ2) is 4.49. The first-order valence-electron chi connectivity index (χ1n) is 6.98. The molecule has 0 aliphatic heterocycles. The number of benzene rings is 1. The molecule has 100 valence electrons. The third kappa shape index (κ3) is 1.85. The van der Waals surface area contributed by atoms with E-state index in [1.54, 1.807) is 0 Å². The molecule has 2 nitrogen and oxygen atoms in total. The van der Waals surface area contributed by atoms with Crippen LogP contribution in [0.15, 0.2) is 22.7 Å². The minimum atomic E-state index is 0.500. The van der Waals surface area contributed by atoms with E-state index in [2.05, 4.69) is 38.7 Å². The van der Waals surface area contributed by atoms with Crippen LogP contribution in [-0.4, -0.2) is 9.55 Å². The zero-order valence-corrected chi connectivity index (χ0v) is 13.0. The van der Waals surface area contributed by atoms with Gasteiger partial charge in [0, 0.05) is 10.5 Å². The molecule has 0 N–H and O–H groups in total. The van der Waals surface area contributed by atoms with Crippen molar-refractivity contribution in [3.63, 3.8) is 0 Å². The van der Waals surface area contributed by atoms with E-state index in [1.807, 2.05) is 0 Å². The van der Waals surface area contributed by atoms with Gasteiger partial charge in [0.25, 0.3) is 0 Å². The molecule has 3 atom stereocenters. The van der Waals surface area contributed by atoms with Crippen molar-refractivity contribution in [1.29, 1.82) is 0 Å². The van der Waals surface area contributed by atoms with E-state index in [4.69, 9.17) is 16.6 Å². The number of imidazole rings is 1. The van der Waals surface area contributed by atoms with E-state index in [9.17, 15) is 0 Å². The van der Waals surface area contributed by atoms with Crippen molar-refractivity contribution in [2.75, 3.05) is 0 Å². The lowest BCUT2D eigenvalue weighted by Crippen LogP contribution is -2.18. The molecule has 4 rings (SSSR count). The van der Waals surface area contributed by atoms with Gasteiger partial charge in [0.05, 0.1) is 16.9 Å². The first-order chi connectivity index (χ1) is 9.26. The van der Waals surface area contributed by atoms with Gasteiger partial charge in [-0.05, 0) is 49.3 Å². The average Bonchev–Trinajstić information content (AvgIpc) is 3.10. The highest BCUT2D eigenvalue weighted by Gasteiger charge is 2.41. The maximum atomic E-state index is 6.13. The molecule has 1 aromatic carbocycles. The first kappa shape index (κ1) is 12.2. The van der Waals surface area contributed by atoms with E-state index < -0.39 is 0 Å². The van der Waals surface area contributed by atoms with E-state index in [0.29, 0.717) is 11.9 Å². The van der Waals surface area contributed by atoms with Gasteiger partial charge in [0.1, 0.15) is 5.82 Å². The van der Waals surface area contributed by atoms with Crippen LogP contribution in [0.1, 0.15) is 37.5 Å². The number of hydrogen-bond acceptors (Lipinski definition) is 1. The van der Waals surface area contributed by atoms with E-state index in [1.165, 1.54) is 31.2 Å². The van der Waals surface area contributed by atoms with E-state index >= 15 is 0 Å². The standard InChI is InChI=1S/C15H16BrClN2/c16-11-3-4-12-14(7-11)19(15(8-17)18-12)13-6-9-1-2-10(13)5-9/h3-4,7,9-10,13H,1-2,5-6,8H2. The number of halogens is 2. The van der Waals surface area contributed by atoms with Crippen LogP contribution < -0.4 is 0 Å². The topological polar surface area (TPSA) is 17.8 Å². The second-order valence-electron chi connectivity index (χ2n) is 5.91. The quantitative estimate of drug-likeness (QED) is 0.712. The van der Waals surface area contributed by atoms with Gasteiger partial charge in [0.2, 0.25) is 0 Å². The third-order valence-corrected chi connectivity index (χ3v) is 5.61. The fourth-order valence-electron chi connectivity index (χ4n) is 4.11. The molecule has 0 spiro atoms. The predicted molar refractivity (Wildman–Crippen MR) is 81.5 cm³/mol. The summed E-state index contributed by atoms with van der Waals surface area (Å²) in [6.45, 7) is 0. The summed E-state index contributed by atoms with van der Waals surface area (Å²) in [7, 11) is 0. The van der Waals surface area contributed by atoms with Crippen molar-refractivity contribution in [2.45, 2.75) is 37.6 Å². The summed E-state index contributed by atoms with van der Waals surface area (Å²) in [4.78, 5) is 4.71. The van der Waals surface area contributed by atoms with Crippen molar-refractivity contribution >= 4 is 38.6 Å². The maximum absolute atomic E-state index is 6.13. The maximum Gasteiger partial charge on any atom is 0.125 e. The Morgan fingerprint density at radius 3 is 2.89 bits per heavy atom. The van der Waals surface area contributed by atoms with Crippen LogP contribution in [0.4, 0.5) is 0 Å². The highest BCUT2D eigenvalue weighted by molar-refractivity contribution is 9.10. The molecular formula is C15H16BrClN2. The molecule has 2 saturated carbocycles. The highest BCUT2D eigenvalue weighted by atomic mass is 79.9. The summed E-state index contributed by atoms with van der Waals surface area (Å²) in [5.41, 5.74) is 2.31. The Labute approximate surface area is 126 Å². The lowest BCUT2D eigenvalue weighted by molar-refractivity contribution is 0.331. The lowest BCUT2D eigenvalue weighted by Gasteiger charge is -2.25. The first-order valence-corrected chi connectivity index (χ1v) is 8.31. The monoisotopic (exact) mass is 338 g/mol. The lowest BCUT2D eigenvalue weighted by atomic mass is 9.95. The number of nitrogens with zero attached hydrogens (tertiary/aromatic N) is 2. The summed E-state index contributed by atoms with van der Waals surface area (Å²) in [5.74, 6) is 3.30. The molecule has 3 unspecified atom stereocenters. The summed E-state index contributed by atoms with van der Waals surface area (Å²) in [5, 5.41) is 0. The summed E-state index contributed by atoms with van der Waals surface area (Å²) in [6, 6.07) is 6.94. The Kier molecular flexibility index (Phi) is 2.89.